The van der Waals surface area contributed by atoms with E-state index in [1.807, 2.05) is 17.0 Å². The summed E-state index contributed by atoms with van der Waals surface area (Å²) < 4.78 is 5.51. The van der Waals surface area contributed by atoms with Gasteiger partial charge in [-0.05, 0) is 37.8 Å². The molecule has 4 rings (SSSR count). The van der Waals surface area contributed by atoms with Crippen LogP contribution in [0.2, 0.25) is 0 Å². The standard InChI is InChI=1S/C18H24N4O3/c23-16(22-8-1-2-9-22)14-4-5-15(19-12-14)21-10-3-6-18(7-11-21)13-20-17(24)25-18/h4-5,12H,1-3,6-11,13H2,(H,20,24)/t18-/m1/s1. The normalized spacial score (nSPS) is 26.5. The highest BCUT2D eigenvalue weighted by Crippen LogP contribution is 2.30. The average Bonchev–Trinajstić information content (AvgIpc) is 3.23. The largest absolute Gasteiger partial charge is 0.441 e. The Morgan fingerprint density at radius 1 is 1.12 bits per heavy atom. The summed E-state index contributed by atoms with van der Waals surface area (Å²) in [6, 6.07) is 3.81. The van der Waals surface area contributed by atoms with Crippen LogP contribution in [-0.4, -0.2) is 60.2 Å². The van der Waals surface area contributed by atoms with Crippen LogP contribution >= 0.6 is 0 Å². The highest BCUT2D eigenvalue weighted by molar-refractivity contribution is 5.94. The van der Waals surface area contributed by atoms with Crippen molar-refractivity contribution in [3.63, 3.8) is 0 Å². The fourth-order valence-corrected chi connectivity index (χ4v) is 3.98. The summed E-state index contributed by atoms with van der Waals surface area (Å²) in [5.41, 5.74) is 0.295. The molecular weight excluding hydrogens is 320 g/mol. The lowest BCUT2D eigenvalue weighted by Crippen LogP contribution is -2.35. The van der Waals surface area contributed by atoms with Crippen molar-refractivity contribution >= 4 is 17.8 Å². The molecule has 2 amide bonds. The molecule has 0 bridgehead atoms. The Kier molecular flexibility index (Phi) is 4.23. The number of likely N-dealkylation sites (tertiary alicyclic amines) is 1. The minimum absolute atomic E-state index is 0.0790. The molecule has 0 saturated carbocycles. The molecule has 3 aliphatic rings. The zero-order valence-corrected chi connectivity index (χ0v) is 14.4. The Hall–Kier alpha value is -2.31. The number of carbonyl (C=O) groups excluding carboxylic acids is 2. The van der Waals surface area contributed by atoms with Gasteiger partial charge in [0.15, 0.2) is 0 Å². The molecule has 134 valence electrons. The lowest BCUT2D eigenvalue weighted by Gasteiger charge is -2.25. The third kappa shape index (κ3) is 3.27. The predicted molar refractivity (Wildman–Crippen MR) is 92.7 cm³/mol. The van der Waals surface area contributed by atoms with Crippen molar-refractivity contribution in [2.45, 2.75) is 37.7 Å². The maximum atomic E-state index is 12.4. The summed E-state index contributed by atoms with van der Waals surface area (Å²) in [7, 11) is 0. The number of alkyl carbamates (subject to hydrolysis) is 1. The molecule has 25 heavy (non-hydrogen) atoms. The predicted octanol–water partition coefficient (Wildman–Crippen LogP) is 1.79. The van der Waals surface area contributed by atoms with Gasteiger partial charge >= 0.3 is 6.09 Å². The van der Waals surface area contributed by atoms with Gasteiger partial charge in [0.25, 0.3) is 5.91 Å². The van der Waals surface area contributed by atoms with Gasteiger partial charge in [-0.3, -0.25) is 4.79 Å². The van der Waals surface area contributed by atoms with E-state index in [0.29, 0.717) is 12.1 Å². The van der Waals surface area contributed by atoms with Gasteiger partial charge in [-0.15, -0.1) is 0 Å². The van der Waals surface area contributed by atoms with Gasteiger partial charge in [0.2, 0.25) is 0 Å². The van der Waals surface area contributed by atoms with E-state index in [9.17, 15) is 9.59 Å². The van der Waals surface area contributed by atoms with Crippen LogP contribution in [0.4, 0.5) is 10.6 Å². The molecule has 0 unspecified atom stereocenters. The first-order chi connectivity index (χ1) is 12.2. The zero-order chi connectivity index (χ0) is 17.3. The number of nitrogens with one attached hydrogen (secondary N) is 1. The van der Waals surface area contributed by atoms with E-state index in [-0.39, 0.29) is 17.6 Å². The summed E-state index contributed by atoms with van der Waals surface area (Å²) in [5.74, 6) is 0.961. The van der Waals surface area contributed by atoms with Crippen LogP contribution in [0.3, 0.4) is 0 Å². The molecule has 4 heterocycles. The Labute approximate surface area is 147 Å². The van der Waals surface area contributed by atoms with Crippen molar-refractivity contribution in [2.75, 3.05) is 37.6 Å². The van der Waals surface area contributed by atoms with Crippen LogP contribution in [0.25, 0.3) is 0 Å². The Bertz CT molecular complexity index is 657. The molecule has 0 radical (unpaired) electrons. The van der Waals surface area contributed by atoms with Crippen molar-refractivity contribution < 1.29 is 14.3 Å². The molecule has 1 spiro atoms. The lowest BCUT2D eigenvalue weighted by atomic mass is 9.95. The van der Waals surface area contributed by atoms with Crippen molar-refractivity contribution in [3.05, 3.63) is 23.9 Å². The van der Waals surface area contributed by atoms with Gasteiger partial charge in [-0.2, -0.15) is 0 Å². The summed E-state index contributed by atoms with van der Waals surface area (Å²) in [4.78, 5) is 32.4. The van der Waals surface area contributed by atoms with Gasteiger partial charge in [0.1, 0.15) is 11.4 Å². The van der Waals surface area contributed by atoms with Crippen molar-refractivity contribution in [2.24, 2.45) is 0 Å². The smallest absolute Gasteiger partial charge is 0.407 e. The number of hydrogen-bond donors (Lipinski definition) is 1. The van der Waals surface area contributed by atoms with E-state index in [1.54, 1.807) is 6.20 Å². The Morgan fingerprint density at radius 3 is 2.64 bits per heavy atom. The monoisotopic (exact) mass is 344 g/mol. The molecule has 3 fully saturated rings. The van der Waals surface area contributed by atoms with E-state index in [1.165, 1.54) is 0 Å². The van der Waals surface area contributed by atoms with Gasteiger partial charge < -0.3 is 19.9 Å². The molecule has 1 N–H and O–H groups in total. The first-order valence-electron chi connectivity index (χ1n) is 9.12. The number of anilines is 1. The van der Waals surface area contributed by atoms with Crippen LogP contribution in [-0.2, 0) is 4.74 Å². The van der Waals surface area contributed by atoms with Crippen LogP contribution in [0.1, 0.15) is 42.5 Å². The number of aromatic nitrogens is 1. The topological polar surface area (TPSA) is 74.8 Å². The molecule has 7 heteroatoms. The van der Waals surface area contributed by atoms with Crippen molar-refractivity contribution in [3.8, 4) is 0 Å². The summed E-state index contributed by atoms with van der Waals surface area (Å²) in [6.07, 6.45) is 6.17. The van der Waals surface area contributed by atoms with Crippen LogP contribution in [0.15, 0.2) is 18.3 Å². The number of nitrogens with zero attached hydrogens (tertiary/aromatic N) is 3. The molecule has 1 aromatic rings. The third-order valence-corrected chi connectivity index (χ3v) is 5.47. The first-order valence-corrected chi connectivity index (χ1v) is 9.12. The second-order valence-electron chi connectivity index (χ2n) is 7.17. The first kappa shape index (κ1) is 16.2. The van der Waals surface area contributed by atoms with Crippen LogP contribution in [0, 0.1) is 0 Å². The van der Waals surface area contributed by atoms with Crippen LogP contribution in [0.5, 0.6) is 0 Å². The average molecular weight is 344 g/mol. The van der Waals surface area contributed by atoms with Gasteiger partial charge in [0.05, 0.1) is 12.1 Å². The van der Waals surface area contributed by atoms with Crippen LogP contribution < -0.4 is 10.2 Å². The Morgan fingerprint density at radius 2 is 1.96 bits per heavy atom. The highest BCUT2D eigenvalue weighted by Gasteiger charge is 2.41. The molecule has 3 saturated heterocycles. The summed E-state index contributed by atoms with van der Waals surface area (Å²) in [6.45, 7) is 3.96. The molecule has 7 nitrogen and oxygen atoms in total. The fourth-order valence-electron chi connectivity index (χ4n) is 3.98. The van der Waals surface area contributed by atoms with E-state index < -0.39 is 0 Å². The highest BCUT2D eigenvalue weighted by atomic mass is 16.6. The lowest BCUT2D eigenvalue weighted by molar-refractivity contribution is 0.0473. The maximum Gasteiger partial charge on any atom is 0.407 e. The molecule has 1 aromatic heterocycles. The number of ether oxygens (including phenoxy) is 1. The van der Waals surface area contributed by atoms with Gasteiger partial charge in [-0.1, -0.05) is 0 Å². The quantitative estimate of drug-likeness (QED) is 0.885. The maximum absolute atomic E-state index is 12.4. The van der Waals surface area contributed by atoms with E-state index in [4.69, 9.17) is 4.74 Å². The van der Waals surface area contributed by atoms with E-state index in [2.05, 4.69) is 15.2 Å². The number of rotatable bonds is 2. The molecule has 0 aromatic carbocycles. The van der Waals surface area contributed by atoms with Gasteiger partial charge in [0, 0.05) is 38.8 Å². The number of amides is 2. The fraction of sp³-hybridized carbons (Fsp3) is 0.611. The summed E-state index contributed by atoms with van der Waals surface area (Å²) >= 11 is 0. The zero-order valence-electron chi connectivity index (χ0n) is 14.4. The van der Waals surface area contributed by atoms with E-state index in [0.717, 1.165) is 64.1 Å². The molecular formula is C18H24N4O3. The third-order valence-electron chi connectivity index (χ3n) is 5.47. The second-order valence-corrected chi connectivity index (χ2v) is 7.17. The molecule has 3 aliphatic heterocycles. The number of hydrogen-bond acceptors (Lipinski definition) is 5. The SMILES string of the molecule is O=C1NC[C@]2(CCCN(c3ccc(C(=O)N4CCCC4)cn3)CC2)O1. The number of pyridine rings is 1. The number of carbonyl (C=O) groups is 2. The van der Waals surface area contributed by atoms with Gasteiger partial charge in [-0.25, -0.2) is 9.78 Å². The van der Waals surface area contributed by atoms with Crippen molar-refractivity contribution in [1.29, 1.82) is 0 Å². The van der Waals surface area contributed by atoms with E-state index >= 15 is 0 Å². The molecule has 1 atom stereocenters. The molecule has 0 aliphatic carbocycles. The summed E-state index contributed by atoms with van der Waals surface area (Å²) in [5, 5.41) is 2.77. The Balaban J connectivity index is 1.41. The minimum Gasteiger partial charge on any atom is -0.441 e. The second kappa shape index (κ2) is 6.54. The minimum atomic E-state index is -0.364. The van der Waals surface area contributed by atoms with Crippen molar-refractivity contribution in [1.82, 2.24) is 15.2 Å².